The molecule has 5 atom stereocenters. The molecular formula is C19H30ClN6O9PS. The van der Waals surface area contributed by atoms with E-state index in [4.69, 9.17) is 21.1 Å². The molecule has 37 heavy (non-hydrogen) atoms. The lowest BCUT2D eigenvalue weighted by molar-refractivity contribution is -0.0933. The van der Waals surface area contributed by atoms with E-state index in [1.165, 1.54) is 4.68 Å². The van der Waals surface area contributed by atoms with E-state index in [1.807, 2.05) is 4.72 Å². The molecule has 1 aliphatic carbocycles. The summed E-state index contributed by atoms with van der Waals surface area (Å²) < 4.78 is 49.2. The van der Waals surface area contributed by atoms with Crippen molar-refractivity contribution in [3.05, 3.63) is 11.2 Å². The molecule has 2 aromatic rings. The minimum Gasteiger partial charge on any atom is -0.387 e. The summed E-state index contributed by atoms with van der Waals surface area (Å²) in [5.41, 5.74) is 1.21. The maximum Gasteiger partial charge on any atom is 0.358 e. The summed E-state index contributed by atoms with van der Waals surface area (Å²) in [5, 5.41) is 30.7. The lowest BCUT2D eigenvalue weighted by Gasteiger charge is -2.31. The highest BCUT2D eigenvalue weighted by Gasteiger charge is 2.49. The Hall–Kier alpha value is -1.46. The fourth-order valence-electron chi connectivity index (χ4n) is 4.29. The third kappa shape index (κ3) is 6.24. The Balaban J connectivity index is 1.53. The summed E-state index contributed by atoms with van der Waals surface area (Å²) in [6, 6.07) is 1.88. The van der Waals surface area contributed by atoms with Crippen LogP contribution in [-0.2, 0) is 24.1 Å². The Bertz CT molecular complexity index is 1290. The number of hydrogen-bond acceptors (Lipinski definition) is 11. The van der Waals surface area contributed by atoms with Crippen LogP contribution in [0, 0.1) is 0 Å². The van der Waals surface area contributed by atoms with Crippen molar-refractivity contribution in [2.75, 3.05) is 24.7 Å². The van der Waals surface area contributed by atoms with Gasteiger partial charge in [-0.05, 0) is 19.8 Å². The highest BCUT2D eigenvalue weighted by Crippen LogP contribution is 2.51. The molecule has 3 heterocycles. The highest BCUT2D eigenvalue weighted by atomic mass is 35.5. The van der Waals surface area contributed by atoms with Gasteiger partial charge < -0.3 is 34.8 Å². The van der Waals surface area contributed by atoms with E-state index < -0.39 is 60.7 Å². The first-order valence-corrected chi connectivity index (χ1v) is 15.4. The molecule has 2 fully saturated rings. The van der Waals surface area contributed by atoms with Gasteiger partial charge in [0.15, 0.2) is 22.7 Å². The van der Waals surface area contributed by atoms with E-state index in [0.717, 1.165) is 38.9 Å². The van der Waals surface area contributed by atoms with Gasteiger partial charge >= 0.3 is 7.60 Å². The molecule has 4 rings (SSSR count). The molecule has 0 radical (unpaired) electrons. The molecule has 1 saturated carbocycles. The summed E-state index contributed by atoms with van der Waals surface area (Å²) in [6.07, 6.45) is -0.530. The fraction of sp³-hybridized carbons (Fsp3) is 0.737. The molecule has 6 N–H and O–H groups in total. The van der Waals surface area contributed by atoms with Crippen LogP contribution in [0.2, 0.25) is 5.15 Å². The molecule has 18 heteroatoms. The predicted octanol–water partition coefficient (Wildman–Crippen LogP) is -0.0869. The standard InChI is InChI=1S/C19H30ClN6O9PS/c1-19(36(29,30)31,9-21-37(2,32)33)34-8-12-15(27)16(28)18(35-12)26-17-14(24-25-26)11(7-13(20)23-17)22-10-5-3-4-6-10/h7,10,12,15-16,18,21,27-28H,3-6,8-9H2,1-2H3,(H,22,23)(H2,29,30,31)/t12-,15-,16-,18-,19?/m1/s1. The number of aromatic nitrogens is 4. The number of aliphatic hydroxyl groups excluding tert-OH is 2. The zero-order valence-electron chi connectivity index (χ0n) is 20.1. The van der Waals surface area contributed by atoms with Gasteiger partial charge in [0.2, 0.25) is 10.0 Å². The summed E-state index contributed by atoms with van der Waals surface area (Å²) in [6.45, 7) is -0.300. The zero-order chi connectivity index (χ0) is 27.2. The van der Waals surface area contributed by atoms with Crippen LogP contribution in [0.4, 0.5) is 5.69 Å². The summed E-state index contributed by atoms with van der Waals surface area (Å²) >= 11 is 6.23. The van der Waals surface area contributed by atoms with Crippen LogP contribution < -0.4 is 10.0 Å². The van der Waals surface area contributed by atoms with Crippen molar-refractivity contribution < 1.29 is 42.5 Å². The number of sulfonamides is 1. The molecule has 0 bridgehead atoms. The lowest BCUT2D eigenvalue weighted by Crippen LogP contribution is -2.45. The zero-order valence-corrected chi connectivity index (χ0v) is 22.5. The Labute approximate surface area is 217 Å². The monoisotopic (exact) mass is 584 g/mol. The van der Waals surface area contributed by atoms with Gasteiger partial charge in [-0.15, -0.1) is 5.10 Å². The molecule has 1 unspecified atom stereocenters. The first-order chi connectivity index (χ1) is 17.2. The van der Waals surface area contributed by atoms with Crippen molar-refractivity contribution in [2.45, 2.75) is 68.5 Å². The first-order valence-electron chi connectivity index (χ1n) is 11.5. The Morgan fingerprint density at radius 1 is 1.30 bits per heavy atom. The number of pyridine rings is 1. The smallest absolute Gasteiger partial charge is 0.358 e. The number of halogens is 1. The molecule has 208 valence electrons. The maximum atomic E-state index is 12.0. The number of aliphatic hydroxyl groups is 2. The van der Waals surface area contributed by atoms with Gasteiger partial charge in [-0.3, -0.25) is 4.57 Å². The molecule has 0 aromatic carbocycles. The van der Waals surface area contributed by atoms with Gasteiger partial charge in [0.25, 0.3) is 0 Å². The lowest BCUT2D eigenvalue weighted by atomic mass is 10.1. The SMILES string of the molecule is CC(CNS(C)(=O)=O)(OC[C@H]1O[C@@H](n2nnc3c(NC4CCCC4)cc(Cl)nc32)[C@H](O)[C@@H]1O)P(=O)(O)O. The van der Waals surface area contributed by atoms with E-state index >= 15 is 0 Å². The second-order valence-corrected chi connectivity index (χ2v) is 13.7. The maximum absolute atomic E-state index is 12.0. The van der Waals surface area contributed by atoms with Crippen LogP contribution in [-0.4, -0.2) is 97.5 Å². The van der Waals surface area contributed by atoms with Crippen LogP contribution in [0.5, 0.6) is 0 Å². The number of fused-ring (bicyclic) bond motifs is 1. The second kappa shape index (κ2) is 10.6. The predicted molar refractivity (Wildman–Crippen MR) is 131 cm³/mol. The number of anilines is 1. The van der Waals surface area contributed by atoms with Crippen LogP contribution in [0.15, 0.2) is 6.07 Å². The summed E-state index contributed by atoms with van der Waals surface area (Å²) in [7, 11) is -8.78. The van der Waals surface area contributed by atoms with Crippen molar-refractivity contribution in [3.8, 4) is 0 Å². The molecule has 2 aliphatic rings. The Morgan fingerprint density at radius 3 is 2.59 bits per heavy atom. The van der Waals surface area contributed by atoms with Crippen LogP contribution in [0.25, 0.3) is 11.2 Å². The number of ether oxygens (including phenoxy) is 2. The van der Waals surface area contributed by atoms with Crippen LogP contribution >= 0.6 is 19.2 Å². The molecule has 15 nitrogen and oxygen atoms in total. The first kappa shape index (κ1) is 28.5. The van der Waals surface area contributed by atoms with E-state index in [-0.39, 0.29) is 16.8 Å². The van der Waals surface area contributed by atoms with Gasteiger partial charge in [0.1, 0.15) is 23.5 Å². The van der Waals surface area contributed by atoms with Gasteiger partial charge in [-0.1, -0.05) is 29.7 Å². The van der Waals surface area contributed by atoms with Gasteiger partial charge in [0, 0.05) is 12.1 Å². The van der Waals surface area contributed by atoms with E-state index in [2.05, 4.69) is 20.6 Å². The number of nitrogens with zero attached hydrogens (tertiary/aromatic N) is 4. The minimum atomic E-state index is -4.99. The molecule has 2 aromatic heterocycles. The molecule has 1 saturated heterocycles. The quantitative estimate of drug-likeness (QED) is 0.159. The Morgan fingerprint density at radius 2 is 1.97 bits per heavy atom. The molecule has 1 aliphatic heterocycles. The number of nitrogens with one attached hydrogen (secondary N) is 2. The minimum absolute atomic E-state index is 0.153. The largest absolute Gasteiger partial charge is 0.387 e. The molecular weight excluding hydrogens is 555 g/mol. The van der Waals surface area contributed by atoms with Gasteiger partial charge in [-0.2, -0.15) is 4.68 Å². The average Bonchev–Trinajstić information content (AvgIpc) is 3.51. The number of hydrogen-bond donors (Lipinski definition) is 6. The van der Waals surface area contributed by atoms with Crippen molar-refractivity contribution in [1.82, 2.24) is 24.7 Å². The van der Waals surface area contributed by atoms with Crippen molar-refractivity contribution in [1.29, 1.82) is 0 Å². The molecule has 0 amide bonds. The van der Waals surface area contributed by atoms with Gasteiger partial charge in [-0.25, -0.2) is 18.1 Å². The second-order valence-electron chi connectivity index (χ2n) is 9.49. The number of rotatable bonds is 10. The van der Waals surface area contributed by atoms with Crippen LogP contribution in [0.3, 0.4) is 0 Å². The highest BCUT2D eigenvalue weighted by molar-refractivity contribution is 7.88. The average molecular weight is 585 g/mol. The third-order valence-corrected chi connectivity index (χ3v) is 8.91. The van der Waals surface area contributed by atoms with Gasteiger partial charge in [0.05, 0.1) is 25.1 Å². The fourth-order valence-corrected chi connectivity index (χ4v) is 5.65. The normalized spacial score (nSPS) is 27.1. The summed E-state index contributed by atoms with van der Waals surface area (Å²) in [5.74, 6) is 0. The van der Waals surface area contributed by atoms with Crippen molar-refractivity contribution >= 4 is 46.1 Å². The summed E-state index contributed by atoms with van der Waals surface area (Å²) in [4.78, 5) is 23.8. The topological polar surface area (TPSA) is 218 Å². The van der Waals surface area contributed by atoms with Crippen molar-refractivity contribution in [2.24, 2.45) is 0 Å². The third-order valence-electron chi connectivity index (χ3n) is 6.53. The van der Waals surface area contributed by atoms with Crippen LogP contribution in [0.1, 0.15) is 38.8 Å². The van der Waals surface area contributed by atoms with E-state index in [9.17, 15) is 33.0 Å². The van der Waals surface area contributed by atoms with E-state index in [1.54, 1.807) is 6.07 Å². The van der Waals surface area contributed by atoms with Crippen molar-refractivity contribution in [3.63, 3.8) is 0 Å². The Kier molecular flexibility index (Phi) is 8.18. The molecule has 0 spiro atoms. The van der Waals surface area contributed by atoms with E-state index in [0.29, 0.717) is 11.2 Å².